The molecule has 0 radical (unpaired) electrons. The molecule has 5 nitrogen and oxygen atoms in total. The summed E-state index contributed by atoms with van der Waals surface area (Å²) >= 11 is 0. The number of alkyl halides is 3. The lowest BCUT2D eigenvalue weighted by Crippen LogP contribution is -2.36. The maximum Gasteiger partial charge on any atom is 0.573 e. The van der Waals surface area contributed by atoms with Gasteiger partial charge in [-0.25, -0.2) is 0 Å². The van der Waals surface area contributed by atoms with Gasteiger partial charge in [-0.2, -0.15) is 0 Å². The van der Waals surface area contributed by atoms with E-state index in [-0.39, 0.29) is 24.3 Å². The zero-order valence-corrected chi connectivity index (χ0v) is 12.7. The third-order valence-corrected chi connectivity index (χ3v) is 3.60. The van der Waals surface area contributed by atoms with Crippen molar-refractivity contribution in [2.24, 2.45) is 5.73 Å². The second-order valence-corrected chi connectivity index (χ2v) is 5.45. The molecule has 1 heterocycles. The average molecular weight is 332 g/mol. The maximum absolute atomic E-state index is 12.3. The lowest BCUT2D eigenvalue weighted by Gasteiger charge is -2.21. The van der Waals surface area contributed by atoms with Crippen LogP contribution in [0.5, 0.6) is 5.75 Å². The van der Waals surface area contributed by atoms with Crippen LogP contribution < -0.4 is 10.5 Å². The van der Waals surface area contributed by atoms with E-state index in [0.717, 1.165) is 6.42 Å². The highest BCUT2D eigenvalue weighted by molar-refractivity contribution is 5.81. The Morgan fingerprint density at radius 1 is 1.35 bits per heavy atom. The van der Waals surface area contributed by atoms with Crippen LogP contribution in [0.4, 0.5) is 13.2 Å². The highest BCUT2D eigenvalue weighted by Gasteiger charge is 2.32. The third-order valence-electron chi connectivity index (χ3n) is 3.60. The van der Waals surface area contributed by atoms with Gasteiger partial charge in [-0.1, -0.05) is 12.1 Å². The van der Waals surface area contributed by atoms with E-state index in [1.54, 1.807) is 7.05 Å². The summed E-state index contributed by atoms with van der Waals surface area (Å²) in [5.41, 5.74) is 6.21. The number of nitrogens with zero attached hydrogens (tertiary/aromatic N) is 1. The second-order valence-electron chi connectivity index (χ2n) is 5.45. The number of likely N-dealkylation sites (N-methyl/N-ethyl adjacent to an activating group) is 1. The van der Waals surface area contributed by atoms with Crippen LogP contribution in [-0.2, 0) is 16.1 Å². The molecule has 0 saturated carbocycles. The number of amides is 1. The number of halogens is 3. The standard InChI is InChI=1S/C15H19F3N2O3/c1-20(14(21)13-7-6-12(8-19)22-13)9-10-2-4-11(5-3-10)23-15(16,17)18/h2-5,12-13H,6-9,19H2,1H3/t12-,13+/m1/s1. The molecule has 1 aliphatic rings. The molecule has 1 aromatic carbocycles. The number of benzene rings is 1. The smallest absolute Gasteiger partial charge is 0.406 e. The van der Waals surface area contributed by atoms with E-state index in [1.807, 2.05) is 0 Å². The van der Waals surface area contributed by atoms with Gasteiger partial charge in [0.25, 0.3) is 5.91 Å². The molecule has 23 heavy (non-hydrogen) atoms. The SMILES string of the molecule is CN(Cc1ccc(OC(F)(F)F)cc1)C(=O)[C@@H]1CC[C@H](CN)O1. The van der Waals surface area contributed by atoms with Gasteiger partial charge in [-0.15, -0.1) is 13.2 Å². The molecule has 2 N–H and O–H groups in total. The minimum atomic E-state index is -4.71. The lowest BCUT2D eigenvalue weighted by atomic mass is 10.1. The molecule has 0 bridgehead atoms. The van der Waals surface area contributed by atoms with Gasteiger partial charge in [-0.05, 0) is 30.5 Å². The first-order valence-corrected chi connectivity index (χ1v) is 7.23. The highest BCUT2D eigenvalue weighted by Crippen LogP contribution is 2.24. The van der Waals surface area contributed by atoms with E-state index >= 15 is 0 Å². The predicted molar refractivity (Wildman–Crippen MR) is 76.5 cm³/mol. The Labute approximate surface area is 132 Å². The molecule has 1 aliphatic heterocycles. The van der Waals surface area contributed by atoms with Gasteiger partial charge in [-0.3, -0.25) is 4.79 Å². The first-order valence-electron chi connectivity index (χ1n) is 7.23. The first-order chi connectivity index (χ1) is 10.8. The van der Waals surface area contributed by atoms with Crippen LogP contribution in [0.1, 0.15) is 18.4 Å². The number of carbonyl (C=O) groups is 1. The maximum atomic E-state index is 12.3. The van der Waals surface area contributed by atoms with Gasteiger partial charge >= 0.3 is 6.36 Å². The quantitative estimate of drug-likeness (QED) is 0.896. The largest absolute Gasteiger partial charge is 0.573 e. The van der Waals surface area contributed by atoms with E-state index in [4.69, 9.17) is 10.5 Å². The van der Waals surface area contributed by atoms with E-state index in [0.29, 0.717) is 18.5 Å². The van der Waals surface area contributed by atoms with Crippen molar-refractivity contribution in [3.05, 3.63) is 29.8 Å². The molecule has 0 spiro atoms. The Kier molecular flexibility index (Phi) is 5.48. The van der Waals surface area contributed by atoms with Crippen LogP contribution in [0, 0.1) is 0 Å². The van der Waals surface area contributed by atoms with Gasteiger partial charge < -0.3 is 20.1 Å². The normalized spacial score (nSPS) is 21.3. The van der Waals surface area contributed by atoms with E-state index in [2.05, 4.69) is 4.74 Å². The summed E-state index contributed by atoms with van der Waals surface area (Å²) in [4.78, 5) is 13.7. The Morgan fingerprint density at radius 3 is 2.52 bits per heavy atom. The molecule has 0 aliphatic carbocycles. The van der Waals surface area contributed by atoms with Crippen molar-refractivity contribution in [3.8, 4) is 5.75 Å². The molecule has 2 rings (SSSR count). The molecule has 2 atom stereocenters. The fourth-order valence-corrected chi connectivity index (χ4v) is 2.45. The monoisotopic (exact) mass is 332 g/mol. The van der Waals surface area contributed by atoms with Crippen LogP contribution in [0.2, 0.25) is 0 Å². The first kappa shape index (κ1) is 17.6. The molecule has 1 amide bonds. The van der Waals surface area contributed by atoms with Crippen molar-refractivity contribution >= 4 is 5.91 Å². The fourth-order valence-electron chi connectivity index (χ4n) is 2.45. The molecule has 8 heteroatoms. The molecule has 1 saturated heterocycles. The van der Waals surface area contributed by atoms with E-state index in [9.17, 15) is 18.0 Å². The number of nitrogens with two attached hydrogens (primary N) is 1. The molecule has 0 unspecified atom stereocenters. The molecular formula is C15H19F3N2O3. The number of hydrogen-bond donors (Lipinski definition) is 1. The van der Waals surface area contributed by atoms with Crippen LogP contribution in [-0.4, -0.2) is 43.0 Å². The zero-order valence-electron chi connectivity index (χ0n) is 12.7. The zero-order chi connectivity index (χ0) is 17.0. The Morgan fingerprint density at radius 2 is 2.00 bits per heavy atom. The second kappa shape index (κ2) is 7.18. The topological polar surface area (TPSA) is 64.8 Å². The minimum absolute atomic E-state index is 0.0869. The van der Waals surface area contributed by atoms with Gasteiger partial charge in [0.1, 0.15) is 11.9 Å². The summed E-state index contributed by atoms with van der Waals surface area (Å²) in [6, 6.07) is 5.42. The number of rotatable bonds is 5. The summed E-state index contributed by atoms with van der Waals surface area (Å²) in [6.45, 7) is 0.659. The van der Waals surface area contributed by atoms with Gasteiger partial charge in [0.05, 0.1) is 6.10 Å². The summed E-state index contributed by atoms with van der Waals surface area (Å²) < 4.78 is 45.6. The van der Waals surface area contributed by atoms with E-state index < -0.39 is 12.5 Å². The van der Waals surface area contributed by atoms with Crippen LogP contribution in [0.15, 0.2) is 24.3 Å². The van der Waals surface area contributed by atoms with Crippen molar-refractivity contribution < 1.29 is 27.4 Å². The third kappa shape index (κ3) is 5.11. The lowest BCUT2D eigenvalue weighted by molar-refractivity contribution is -0.274. The van der Waals surface area contributed by atoms with Gasteiger partial charge in [0.15, 0.2) is 0 Å². The minimum Gasteiger partial charge on any atom is -0.406 e. The van der Waals surface area contributed by atoms with Crippen LogP contribution in [0.25, 0.3) is 0 Å². The number of ether oxygens (including phenoxy) is 2. The van der Waals surface area contributed by atoms with Crippen molar-refractivity contribution in [1.29, 1.82) is 0 Å². The molecule has 1 fully saturated rings. The Hall–Kier alpha value is -1.80. The summed E-state index contributed by atoms with van der Waals surface area (Å²) in [6.07, 6.45) is -3.92. The Balaban J connectivity index is 1.90. The van der Waals surface area contributed by atoms with Gasteiger partial charge in [0, 0.05) is 20.1 Å². The predicted octanol–water partition coefficient (Wildman–Crippen LogP) is 2.05. The summed E-state index contributed by atoms with van der Waals surface area (Å²) in [5, 5.41) is 0. The summed E-state index contributed by atoms with van der Waals surface area (Å²) in [5.74, 6) is -0.447. The molecule has 0 aromatic heterocycles. The number of carbonyl (C=O) groups excluding carboxylic acids is 1. The van der Waals surface area contributed by atoms with Gasteiger partial charge in [0.2, 0.25) is 0 Å². The Bertz CT molecular complexity index is 534. The highest BCUT2D eigenvalue weighted by atomic mass is 19.4. The summed E-state index contributed by atoms with van der Waals surface area (Å²) in [7, 11) is 1.63. The van der Waals surface area contributed by atoms with Crippen molar-refractivity contribution in [1.82, 2.24) is 4.90 Å². The fraction of sp³-hybridized carbons (Fsp3) is 0.533. The van der Waals surface area contributed by atoms with Crippen molar-refractivity contribution in [2.75, 3.05) is 13.6 Å². The average Bonchev–Trinajstić information content (AvgIpc) is 2.96. The van der Waals surface area contributed by atoms with Crippen LogP contribution in [0.3, 0.4) is 0 Å². The van der Waals surface area contributed by atoms with Crippen molar-refractivity contribution in [2.45, 2.75) is 38.0 Å². The number of hydrogen-bond acceptors (Lipinski definition) is 4. The molecule has 128 valence electrons. The molecule has 1 aromatic rings. The van der Waals surface area contributed by atoms with Crippen molar-refractivity contribution in [3.63, 3.8) is 0 Å². The van der Waals surface area contributed by atoms with Crippen LogP contribution >= 0.6 is 0 Å². The molecular weight excluding hydrogens is 313 g/mol. The van der Waals surface area contributed by atoms with E-state index in [1.165, 1.54) is 29.2 Å².